The first-order chi connectivity index (χ1) is 14.1. The van der Waals surface area contributed by atoms with E-state index >= 15 is 0 Å². The normalized spacial score (nSPS) is 50.9. The number of hydrogen-bond donors (Lipinski definition) is 2. The van der Waals surface area contributed by atoms with Gasteiger partial charge < -0.3 is 19.7 Å². The predicted octanol–water partition coefficient (Wildman–Crippen LogP) is 3.75. The van der Waals surface area contributed by atoms with Crippen LogP contribution < -0.4 is 0 Å². The molecule has 0 aromatic carbocycles. The number of fused-ring (bicyclic) bond motifs is 5. The summed E-state index contributed by atoms with van der Waals surface area (Å²) in [4.78, 5) is 24.1. The predicted molar refractivity (Wildman–Crippen MR) is 113 cm³/mol. The highest BCUT2D eigenvalue weighted by atomic mass is 16.5. The summed E-state index contributed by atoms with van der Waals surface area (Å²) in [5, 5.41) is 22.2. The van der Waals surface area contributed by atoms with Gasteiger partial charge in [0.2, 0.25) is 0 Å². The smallest absolute Gasteiger partial charge is 0.305 e. The first kappa shape index (κ1) is 22.3. The fourth-order valence-electron chi connectivity index (χ4n) is 8.99. The lowest BCUT2D eigenvalue weighted by Crippen LogP contribution is -2.54. The molecule has 10 atom stereocenters. The first-order valence-corrected chi connectivity index (χ1v) is 12.0. The van der Waals surface area contributed by atoms with Crippen LogP contribution in [0.1, 0.15) is 78.6 Å². The molecule has 0 radical (unpaired) electrons. The molecular formula is C25H40O5. The lowest BCUT2D eigenvalue weighted by Gasteiger charge is -2.52. The topological polar surface area (TPSA) is 83.8 Å². The zero-order chi connectivity index (χ0) is 21.9. The molecule has 30 heavy (non-hydrogen) atoms. The van der Waals surface area contributed by atoms with Gasteiger partial charge in [0.1, 0.15) is 6.29 Å². The Morgan fingerprint density at radius 2 is 1.90 bits per heavy atom. The molecule has 2 N–H and O–H groups in total. The van der Waals surface area contributed by atoms with Crippen LogP contribution in [0.5, 0.6) is 0 Å². The Kier molecular flexibility index (Phi) is 5.63. The molecule has 4 fully saturated rings. The Hall–Kier alpha value is -0.940. The van der Waals surface area contributed by atoms with Crippen LogP contribution in [0.2, 0.25) is 0 Å². The molecular weight excluding hydrogens is 380 g/mol. The van der Waals surface area contributed by atoms with Gasteiger partial charge in [0.05, 0.1) is 18.8 Å². The summed E-state index contributed by atoms with van der Waals surface area (Å²) in [5.74, 6) is 1.45. The minimum atomic E-state index is -1.08. The number of ether oxygens (including phenoxy) is 1. The van der Waals surface area contributed by atoms with E-state index in [9.17, 15) is 19.8 Å². The number of carbonyl (C=O) groups excluding carboxylic acids is 2. The molecule has 4 aliphatic rings. The Bertz CT molecular complexity index is 693. The lowest BCUT2D eigenvalue weighted by molar-refractivity contribution is -0.156. The van der Waals surface area contributed by atoms with Crippen molar-refractivity contribution >= 4 is 12.3 Å². The largest absolute Gasteiger partial charge is 0.469 e. The monoisotopic (exact) mass is 420 g/mol. The molecule has 0 aliphatic heterocycles. The van der Waals surface area contributed by atoms with Crippen LogP contribution in [-0.4, -0.2) is 41.3 Å². The molecule has 0 aromatic rings. The standard InChI is InChI=1S/C25H40O5/c1-15(5-8-21(28)30-4)17-6-7-18-22-19(10-11-23(17,18)2)24(3)12-9-16(27)13-25(24,29)20(22)14-26/h14-20,22,27,29H,5-13H2,1-4H3/t15-,16+,17-,18?,19?,20-,22?,23-,24-,25-/m1/s1. The zero-order valence-corrected chi connectivity index (χ0v) is 19.1. The highest BCUT2D eigenvalue weighted by molar-refractivity contribution is 5.69. The molecule has 3 unspecified atom stereocenters. The number of rotatable bonds is 5. The molecule has 4 rings (SSSR count). The van der Waals surface area contributed by atoms with Crippen molar-refractivity contribution < 1.29 is 24.5 Å². The minimum Gasteiger partial charge on any atom is -0.469 e. The highest BCUT2D eigenvalue weighted by Gasteiger charge is 2.72. The SMILES string of the molecule is COC(=O)CC[C@@H](C)[C@H]1CCC2C3C(CC[C@@]21C)[C@@]1(C)CC[C@H](O)C[C@@]1(O)[C@@H]3C=O. The second-order valence-corrected chi connectivity index (χ2v) is 11.5. The summed E-state index contributed by atoms with van der Waals surface area (Å²) < 4.78 is 4.84. The summed E-state index contributed by atoms with van der Waals surface area (Å²) in [6.45, 7) is 6.86. The van der Waals surface area contributed by atoms with Crippen LogP contribution in [0.3, 0.4) is 0 Å². The van der Waals surface area contributed by atoms with Crippen molar-refractivity contribution in [2.24, 2.45) is 46.3 Å². The summed E-state index contributed by atoms with van der Waals surface area (Å²) in [7, 11) is 1.45. The van der Waals surface area contributed by atoms with Crippen molar-refractivity contribution in [2.45, 2.75) is 90.3 Å². The molecule has 0 aromatic heterocycles. The van der Waals surface area contributed by atoms with E-state index in [1.165, 1.54) is 7.11 Å². The van der Waals surface area contributed by atoms with E-state index in [1.807, 2.05) is 0 Å². The minimum absolute atomic E-state index is 0.139. The van der Waals surface area contributed by atoms with Crippen LogP contribution in [0.25, 0.3) is 0 Å². The Labute approximate surface area is 180 Å². The second kappa shape index (κ2) is 7.58. The highest BCUT2D eigenvalue weighted by Crippen LogP contribution is 2.72. The van der Waals surface area contributed by atoms with Crippen LogP contribution in [0.15, 0.2) is 0 Å². The molecule has 4 aliphatic carbocycles. The Balaban J connectivity index is 1.61. The number of aldehydes is 1. The van der Waals surface area contributed by atoms with Gasteiger partial charge in [0, 0.05) is 24.2 Å². The van der Waals surface area contributed by atoms with E-state index in [1.54, 1.807) is 0 Å². The van der Waals surface area contributed by atoms with Gasteiger partial charge in [-0.2, -0.15) is 0 Å². The quantitative estimate of drug-likeness (QED) is 0.523. The summed E-state index contributed by atoms with van der Waals surface area (Å²) in [5.41, 5.74) is -1.21. The van der Waals surface area contributed by atoms with Gasteiger partial charge in [0.25, 0.3) is 0 Å². The maximum Gasteiger partial charge on any atom is 0.305 e. The van der Waals surface area contributed by atoms with Crippen molar-refractivity contribution in [3.05, 3.63) is 0 Å². The van der Waals surface area contributed by atoms with E-state index in [4.69, 9.17) is 4.74 Å². The molecule has 5 heteroatoms. The molecule has 5 nitrogen and oxygen atoms in total. The first-order valence-electron chi connectivity index (χ1n) is 12.0. The van der Waals surface area contributed by atoms with Crippen LogP contribution in [0, 0.1) is 46.3 Å². The molecule has 4 saturated carbocycles. The van der Waals surface area contributed by atoms with E-state index < -0.39 is 11.7 Å². The van der Waals surface area contributed by atoms with E-state index in [0.717, 1.165) is 51.2 Å². The van der Waals surface area contributed by atoms with Crippen LogP contribution in [-0.2, 0) is 14.3 Å². The maximum absolute atomic E-state index is 12.4. The van der Waals surface area contributed by atoms with Crippen molar-refractivity contribution in [3.63, 3.8) is 0 Å². The van der Waals surface area contributed by atoms with Gasteiger partial charge >= 0.3 is 5.97 Å². The Morgan fingerprint density at radius 3 is 2.57 bits per heavy atom. The molecule has 170 valence electrons. The third-order valence-electron chi connectivity index (χ3n) is 10.6. The molecule has 0 amide bonds. The lowest BCUT2D eigenvalue weighted by atomic mass is 9.53. The van der Waals surface area contributed by atoms with Crippen LogP contribution >= 0.6 is 0 Å². The second-order valence-electron chi connectivity index (χ2n) is 11.5. The molecule has 0 saturated heterocycles. The van der Waals surface area contributed by atoms with Gasteiger partial charge in [-0.15, -0.1) is 0 Å². The summed E-state index contributed by atoms with van der Waals surface area (Å²) in [6, 6.07) is 0. The van der Waals surface area contributed by atoms with Gasteiger partial charge in [-0.3, -0.25) is 4.79 Å². The van der Waals surface area contributed by atoms with E-state index in [0.29, 0.717) is 36.5 Å². The van der Waals surface area contributed by atoms with Crippen molar-refractivity contribution in [3.8, 4) is 0 Å². The van der Waals surface area contributed by atoms with Crippen molar-refractivity contribution in [1.29, 1.82) is 0 Å². The third kappa shape index (κ3) is 2.94. The summed E-state index contributed by atoms with van der Waals surface area (Å²) in [6.07, 6.45) is 8.12. The summed E-state index contributed by atoms with van der Waals surface area (Å²) >= 11 is 0. The van der Waals surface area contributed by atoms with Crippen molar-refractivity contribution in [2.75, 3.05) is 7.11 Å². The number of carbonyl (C=O) groups is 2. The fourth-order valence-corrected chi connectivity index (χ4v) is 8.99. The van der Waals surface area contributed by atoms with E-state index in [2.05, 4.69) is 20.8 Å². The fraction of sp³-hybridized carbons (Fsp3) is 0.920. The van der Waals surface area contributed by atoms with Gasteiger partial charge in [-0.25, -0.2) is 0 Å². The van der Waals surface area contributed by atoms with Gasteiger partial charge in [0.15, 0.2) is 0 Å². The van der Waals surface area contributed by atoms with E-state index in [-0.39, 0.29) is 28.6 Å². The van der Waals surface area contributed by atoms with Crippen molar-refractivity contribution in [1.82, 2.24) is 0 Å². The average molecular weight is 421 g/mol. The Morgan fingerprint density at radius 1 is 1.17 bits per heavy atom. The number of esters is 1. The average Bonchev–Trinajstić information content (AvgIpc) is 3.15. The number of aliphatic hydroxyl groups is 2. The number of hydrogen-bond acceptors (Lipinski definition) is 5. The maximum atomic E-state index is 12.4. The van der Waals surface area contributed by atoms with Gasteiger partial charge in [-0.05, 0) is 80.0 Å². The number of aliphatic hydroxyl groups excluding tert-OH is 1. The van der Waals surface area contributed by atoms with Crippen LogP contribution in [0.4, 0.5) is 0 Å². The zero-order valence-electron chi connectivity index (χ0n) is 19.1. The molecule has 0 spiro atoms. The molecule has 0 heterocycles. The van der Waals surface area contributed by atoms with Gasteiger partial charge in [-0.1, -0.05) is 20.8 Å². The number of methoxy groups -OCH3 is 1. The molecule has 0 bridgehead atoms. The third-order valence-corrected chi connectivity index (χ3v) is 10.6.